The molecule has 2 aromatic carbocycles. The lowest BCUT2D eigenvalue weighted by atomic mass is 10.1. The van der Waals surface area contributed by atoms with Crippen LogP contribution in [0.2, 0.25) is 0 Å². The third-order valence-corrected chi connectivity index (χ3v) is 6.06. The first kappa shape index (κ1) is 39.5. The van der Waals surface area contributed by atoms with Crippen molar-refractivity contribution in [2.24, 2.45) is 28.9 Å². The minimum Gasteiger partial charge on any atom is -0.508 e. The minimum atomic E-state index is -1.02. The number of para-hydroxylation sites is 1. The van der Waals surface area contributed by atoms with Crippen LogP contribution < -0.4 is 22.9 Å². The molecule has 1 aromatic heterocycles. The number of phenolic OH excluding ortho intramolecular Hbond substituents is 1. The molecule has 0 bridgehead atoms. The Morgan fingerprint density at radius 2 is 1.23 bits per heavy atom. The second kappa shape index (κ2) is 20.4. The molecule has 0 radical (unpaired) electrons. The van der Waals surface area contributed by atoms with E-state index < -0.39 is 48.0 Å². The number of aromatic hydroxyl groups is 1. The highest BCUT2D eigenvalue weighted by Crippen LogP contribution is 2.18. The number of nitrogens with two attached hydrogens (primary N) is 4. The van der Waals surface area contributed by atoms with Gasteiger partial charge in [0.05, 0.1) is 0 Å². The smallest absolute Gasteiger partial charge is 0.320 e. The normalized spacial score (nSPS) is 13.0. The van der Waals surface area contributed by atoms with E-state index in [4.69, 9.17) is 48.5 Å². The number of H-pyrrole nitrogens is 1. The second-order valence-electron chi connectivity index (χ2n) is 10.2. The molecular formula is C30H45N5O9. The molecule has 0 fully saturated rings. The maximum Gasteiger partial charge on any atom is 0.320 e. The van der Waals surface area contributed by atoms with Gasteiger partial charge in [-0.05, 0) is 48.1 Å². The average Bonchev–Trinajstić information content (AvgIpc) is 3.37. The summed E-state index contributed by atoms with van der Waals surface area (Å²) in [6.07, 6.45) is 3.82. The van der Waals surface area contributed by atoms with Crippen molar-refractivity contribution >= 4 is 34.8 Å². The van der Waals surface area contributed by atoms with Crippen LogP contribution >= 0.6 is 0 Å². The zero-order valence-electron chi connectivity index (χ0n) is 25.1. The number of phenols is 1. The van der Waals surface area contributed by atoms with Crippen LogP contribution in [0.5, 0.6) is 5.75 Å². The van der Waals surface area contributed by atoms with E-state index in [1.54, 1.807) is 26.0 Å². The van der Waals surface area contributed by atoms with E-state index in [-0.39, 0.29) is 18.1 Å². The van der Waals surface area contributed by atoms with E-state index in [9.17, 15) is 19.2 Å². The van der Waals surface area contributed by atoms with Crippen LogP contribution in [0.4, 0.5) is 0 Å². The molecule has 4 atom stereocenters. The van der Waals surface area contributed by atoms with E-state index >= 15 is 0 Å². The number of hydrogen-bond acceptors (Lipinski definition) is 9. The van der Waals surface area contributed by atoms with Crippen LogP contribution in [0.1, 0.15) is 44.7 Å². The Morgan fingerprint density at radius 3 is 1.64 bits per heavy atom. The maximum absolute atomic E-state index is 10.6. The van der Waals surface area contributed by atoms with Gasteiger partial charge in [-0.1, -0.05) is 57.5 Å². The number of benzene rings is 2. The Bertz CT molecular complexity index is 1310. The van der Waals surface area contributed by atoms with Gasteiger partial charge in [0.2, 0.25) is 0 Å². The van der Waals surface area contributed by atoms with Gasteiger partial charge in [-0.2, -0.15) is 0 Å². The lowest BCUT2D eigenvalue weighted by molar-refractivity contribution is -0.140. The van der Waals surface area contributed by atoms with Crippen molar-refractivity contribution in [1.29, 1.82) is 0 Å². The van der Waals surface area contributed by atoms with Crippen LogP contribution in [0, 0.1) is 5.92 Å². The minimum absolute atomic E-state index is 0.0208. The van der Waals surface area contributed by atoms with E-state index in [0.717, 1.165) is 28.5 Å². The standard InChI is InChI=1S/C11H12N2O2.C9H11NO3.2C5H11NO2/c12-9(11(14)15)5-7-6-13-10-4-2-1-3-8(7)10;10-8(9(12)13)5-6-1-3-7(11)4-2-6;1-3(2)4(6)5(7)8;1-2-3-4(6)5(7)8/h1-4,6,9,13H,5,12H2,(H,14,15);1-4,8,11H,5,10H2,(H,12,13);3-4H,6H2,1-2H3,(H,7,8);4H,2-3,6H2,1H3,(H,7,8). The lowest BCUT2D eigenvalue weighted by Gasteiger charge is -2.07. The lowest BCUT2D eigenvalue weighted by Crippen LogP contribution is -2.34. The SMILES string of the molecule is CC(C)C(N)C(=O)O.CCCC(N)C(=O)O.NC(Cc1c[nH]c2ccccc12)C(=O)O.NC(Cc1ccc(O)cc1)C(=O)O. The summed E-state index contributed by atoms with van der Waals surface area (Å²) < 4.78 is 0. The predicted octanol–water partition coefficient (Wildman–Crippen LogP) is 1.72. The number of hydrogen-bond donors (Lipinski definition) is 10. The van der Waals surface area contributed by atoms with Crippen molar-refractivity contribution < 1.29 is 44.7 Å². The van der Waals surface area contributed by atoms with Gasteiger partial charge in [0.15, 0.2) is 0 Å². The third-order valence-electron chi connectivity index (χ3n) is 6.06. The molecule has 3 aromatic rings. The molecule has 0 aliphatic heterocycles. The quantitative estimate of drug-likeness (QED) is 0.146. The molecule has 0 spiro atoms. The number of aromatic nitrogens is 1. The fraction of sp³-hybridized carbons (Fsp3) is 0.400. The highest BCUT2D eigenvalue weighted by atomic mass is 16.4. The number of aliphatic carboxylic acids is 4. The van der Waals surface area contributed by atoms with Crippen LogP contribution in [0.3, 0.4) is 0 Å². The summed E-state index contributed by atoms with van der Waals surface area (Å²) in [5.74, 6) is -3.65. The molecular weight excluding hydrogens is 574 g/mol. The van der Waals surface area contributed by atoms with Crippen molar-refractivity contribution in [2.45, 2.75) is 70.6 Å². The first-order chi connectivity index (χ1) is 20.5. The van der Waals surface area contributed by atoms with Crippen molar-refractivity contribution in [3.63, 3.8) is 0 Å². The average molecular weight is 620 g/mol. The van der Waals surface area contributed by atoms with Crippen molar-refractivity contribution in [3.8, 4) is 5.75 Å². The Hall–Kier alpha value is -4.50. The van der Waals surface area contributed by atoms with E-state index in [1.807, 2.05) is 37.4 Å². The summed E-state index contributed by atoms with van der Waals surface area (Å²) in [5, 5.41) is 43.6. The Balaban J connectivity index is 0.000000585. The van der Waals surface area contributed by atoms with Crippen molar-refractivity contribution in [2.75, 3.05) is 0 Å². The molecule has 44 heavy (non-hydrogen) atoms. The molecule has 14 nitrogen and oxygen atoms in total. The van der Waals surface area contributed by atoms with Gasteiger partial charge in [-0.25, -0.2) is 0 Å². The summed E-state index contributed by atoms with van der Waals surface area (Å²) in [6.45, 7) is 5.46. The van der Waals surface area contributed by atoms with E-state index in [0.29, 0.717) is 12.8 Å². The Kier molecular flexibility index (Phi) is 18.3. The van der Waals surface area contributed by atoms with Gasteiger partial charge in [0.25, 0.3) is 0 Å². The zero-order chi connectivity index (χ0) is 34.0. The van der Waals surface area contributed by atoms with Gasteiger partial charge in [0.1, 0.15) is 29.9 Å². The third kappa shape index (κ3) is 15.7. The molecule has 14 N–H and O–H groups in total. The number of aromatic amines is 1. The van der Waals surface area contributed by atoms with Gasteiger partial charge >= 0.3 is 23.9 Å². The van der Waals surface area contributed by atoms with Gasteiger partial charge in [0, 0.05) is 23.5 Å². The fourth-order valence-electron chi connectivity index (χ4n) is 3.32. The molecule has 244 valence electrons. The molecule has 3 rings (SSSR count). The van der Waals surface area contributed by atoms with Crippen molar-refractivity contribution in [1.82, 2.24) is 4.98 Å². The first-order valence-electron chi connectivity index (χ1n) is 13.8. The van der Waals surface area contributed by atoms with Crippen LogP contribution in [-0.4, -0.2) is 78.6 Å². The van der Waals surface area contributed by atoms with Crippen LogP contribution in [0.25, 0.3) is 10.9 Å². The predicted molar refractivity (Wildman–Crippen MR) is 166 cm³/mol. The summed E-state index contributed by atoms with van der Waals surface area (Å²) in [4.78, 5) is 44.1. The zero-order valence-corrected chi connectivity index (χ0v) is 25.1. The number of fused-ring (bicyclic) bond motifs is 1. The topological polar surface area (TPSA) is 289 Å². The number of carbonyl (C=O) groups is 4. The number of carboxylic acids is 4. The van der Waals surface area contributed by atoms with Crippen LogP contribution in [-0.2, 0) is 32.0 Å². The molecule has 0 aliphatic rings. The molecule has 0 aliphatic carbocycles. The Labute approximate surface area is 255 Å². The fourth-order valence-corrected chi connectivity index (χ4v) is 3.32. The summed E-state index contributed by atoms with van der Waals surface area (Å²) in [5.41, 5.74) is 23.8. The summed E-state index contributed by atoms with van der Waals surface area (Å²) in [6, 6.07) is 11.0. The number of carboxylic acid groups (broad SMARTS) is 4. The molecule has 0 saturated heterocycles. The first-order valence-corrected chi connectivity index (χ1v) is 13.8. The van der Waals surface area contributed by atoms with E-state index in [2.05, 4.69) is 4.98 Å². The Morgan fingerprint density at radius 1 is 0.727 bits per heavy atom. The molecule has 1 heterocycles. The number of rotatable bonds is 11. The highest BCUT2D eigenvalue weighted by molar-refractivity contribution is 5.84. The summed E-state index contributed by atoms with van der Waals surface area (Å²) in [7, 11) is 0. The maximum atomic E-state index is 10.6. The molecule has 14 heteroatoms. The largest absolute Gasteiger partial charge is 0.508 e. The summed E-state index contributed by atoms with van der Waals surface area (Å²) >= 11 is 0. The molecule has 4 unspecified atom stereocenters. The van der Waals surface area contributed by atoms with Gasteiger partial charge in [-0.15, -0.1) is 0 Å². The van der Waals surface area contributed by atoms with Crippen LogP contribution in [0.15, 0.2) is 54.7 Å². The monoisotopic (exact) mass is 619 g/mol. The number of nitrogens with one attached hydrogen (secondary N) is 1. The van der Waals surface area contributed by atoms with Gasteiger partial charge < -0.3 is 53.5 Å². The highest BCUT2D eigenvalue weighted by Gasteiger charge is 2.15. The molecule has 0 amide bonds. The molecule has 0 saturated carbocycles. The second-order valence-corrected chi connectivity index (χ2v) is 10.2. The van der Waals surface area contributed by atoms with Crippen molar-refractivity contribution in [3.05, 3.63) is 65.9 Å². The van der Waals surface area contributed by atoms with Gasteiger partial charge in [-0.3, -0.25) is 19.2 Å². The van der Waals surface area contributed by atoms with E-state index in [1.165, 1.54) is 12.1 Å².